The molecule has 3 aromatic carbocycles. The summed E-state index contributed by atoms with van der Waals surface area (Å²) in [4.78, 5) is 24.2. The lowest BCUT2D eigenvalue weighted by Gasteiger charge is -2.14. The van der Waals surface area contributed by atoms with Gasteiger partial charge in [0.05, 0.1) is 23.5 Å². The molecular formula is C26H24N2O4. The summed E-state index contributed by atoms with van der Waals surface area (Å²) in [6, 6.07) is 17.8. The van der Waals surface area contributed by atoms with Gasteiger partial charge in [0.25, 0.3) is 0 Å². The van der Waals surface area contributed by atoms with Crippen LogP contribution < -0.4 is 10.5 Å². The SMILES string of the molecule is COC(=O)COc1cc2c(c3c1c1c(C(N)=O)cccc1n3Cc1ccccc1)CCC2. The molecule has 0 saturated heterocycles. The fourth-order valence-electron chi connectivity index (χ4n) is 4.83. The Hall–Kier alpha value is -3.80. The highest BCUT2D eigenvalue weighted by Gasteiger charge is 2.26. The number of carbonyl (C=O) groups excluding carboxylic acids is 2. The fraction of sp³-hybridized carbons (Fsp3) is 0.231. The zero-order valence-corrected chi connectivity index (χ0v) is 17.9. The first-order valence-electron chi connectivity index (χ1n) is 10.7. The first-order valence-corrected chi connectivity index (χ1v) is 10.7. The van der Waals surface area contributed by atoms with Crippen molar-refractivity contribution in [1.82, 2.24) is 4.57 Å². The average Bonchev–Trinajstić information content (AvgIpc) is 3.40. The third kappa shape index (κ3) is 3.28. The van der Waals surface area contributed by atoms with E-state index in [2.05, 4.69) is 16.7 Å². The van der Waals surface area contributed by atoms with Crippen LogP contribution in [0.15, 0.2) is 54.6 Å². The van der Waals surface area contributed by atoms with E-state index in [-0.39, 0.29) is 6.61 Å². The first-order chi connectivity index (χ1) is 15.6. The number of esters is 1. The van der Waals surface area contributed by atoms with Gasteiger partial charge < -0.3 is 19.8 Å². The number of nitrogens with two attached hydrogens (primary N) is 1. The number of hydrogen-bond acceptors (Lipinski definition) is 4. The molecule has 5 rings (SSSR count). The molecule has 1 aliphatic carbocycles. The van der Waals surface area contributed by atoms with Gasteiger partial charge in [0.15, 0.2) is 6.61 Å². The van der Waals surface area contributed by atoms with E-state index in [1.807, 2.05) is 36.4 Å². The molecule has 6 heteroatoms. The molecule has 1 aliphatic rings. The molecule has 0 aliphatic heterocycles. The highest BCUT2D eigenvalue weighted by atomic mass is 16.6. The Balaban J connectivity index is 1.85. The number of methoxy groups -OCH3 is 1. The largest absolute Gasteiger partial charge is 0.481 e. The van der Waals surface area contributed by atoms with Crippen molar-refractivity contribution in [2.45, 2.75) is 25.8 Å². The van der Waals surface area contributed by atoms with Gasteiger partial charge in [0, 0.05) is 17.5 Å². The number of aryl methyl sites for hydroxylation is 2. The van der Waals surface area contributed by atoms with Crippen molar-refractivity contribution in [2.24, 2.45) is 5.73 Å². The van der Waals surface area contributed by atoms with Crippen LogP contribution in [0.25, 0.3) is 21.8 Å². The normalized spacial score (nSPS) is 12.8. The number of nitrogens with zero attached hydrogens (tertiary/aromatic N) is 1. The summed E-state index contributed by atoms with van der Waals surface area (Å²) >= 11 is 0. The summed E-state index contributed by atoms with van der Waals surface area (Å²) in [6.45, 7) is 0.449. The van der Waals surface area contributed by atoms with Gasteiger partial charge in [-0.25, -0.2) is 4.79 Å². The Morgan fingerprint density at radius 1 is 1.03 bits per heavy atom. The monoisotopic (exact) mass is 428 g/mol. The van der Waals surface area contributed by atoms with Crippen molar-refractivity contribution >= 4 is 33.7 Å². The molecule has 0 bridgehead atoms. The number of hydrogen-bond donors (Lipinski definition) is 1. The van der Waals surface area contributed by atoms with Gasteiger partial charge in [-0.05, 0) is 54.2 Å². The number of amides is 1. The molecular weight excluding hydrogens is 404 g/mol. The molecule has 4 aromatic rings. The van der Waals surface area contributed by atoms with Gasteiger partial charge in [-0.3, -0.25) is 4.79 Å². The lowest BCUT2D eigenvalue weighted by molar-refractivity contribution is -0.142. The number of primary amides is 1. The predicted molar refractivity (Wildman–Crippen MR) is 123 cm³/mol. The maximum absolute atomic E-state index is 12.4. The number of carbonyl (C=O) groups is 2. The Kier molecular flexibility index (Phi) is 5.05. The Morgan fingerprint density at radius 3 is 2.59 bits per heavy atom. The van der Waals surface area contributed by atoms with Crippen LogP contribution in [0.1, 0.15) is 33.5 Å². The summed E-state index contributed by atoms with van der Waals surface area (Å²) in [5.74, 6) is -0.368. The van der Waals surface area contributed by atoms with E-state index in [0.29, 0.717) is 17.9 Å². The highest BCUT2D eigenvalue weighted by molar-refractivity contribution is 6.20. The molecule has 0 spiro atoms. The molecule has 0 saturated carbocycles. The second-order valence-corrected chi connectivity index (χ2v) is 8.09. The first kappa shape index (κ1) is 20.1. The van der Waals surface area contributed by atoms with Crippen LogP contribution in [0.5, 0.6) is 5.75 Å². The van der Waals surface area contributed by atoms with E-state index in [9.17, 15) is 9.59 Å². The van der Waals surface area contributed by atoms with Gasteiger partial charge in [-0.15, -0.1) is 0 Å². The third-order valence-electron chi connectivity index (χ3n) is 6.21. The fourth-order valence-corrected chi connectivity index (χ4v) is 4.83. The Morgan fingerprint density at radius 2 is 1.84 bits per heavy atom. The van der Waals surface area contributed by atoms with E-state index in [4.69, 9.17) is 15.2 Å². The van der Waals surface area contributed by atoms with Crippen molar-refractivity contribution in [2.75, 3.05) is 13.7 Å². The number of aromatic nitrogens is 1. The van der Waals surface area contributed by atoms with Crippen LogP contribution in [0.4, 0.5) is 0 Å². The molecule has 1 heterocycles. The number of rotatable bonds is 6. The van der Waals surface area contributed by atoms with Gasteiger partial charge in [-0.2, -0.15) is 0 Å². The zero-order valence-electron chi connectivity index (χ0n) is 17.9. The van der Waals surface area contributed by atoms with E-state index in [0.717, 1.165) is 46.6 Å². The zero-order chi connectivity index (χ0) is 22.2. The smallest absolute Gasteiger partial charge is 0.343 e. The molecule has 1 aromatic heterocycles. The average molecular weight is 428 g/mol. The molecule has 162 valence electrons. The second-order valence-electron chi connectivity index (χ2n) is 8.09. The number of ether oxygens (including phenoxy) is 2. The quantitative estimate of drug-likeness (QED) is 0.471. The van der Waals surface area contributed by atoms with Crippen LogP contribution in [-0.2, 0) is 28.9 Å². The van der Waals surface area contributed by atoms with Crippen LogP contribution in [0, 0.1) is 0 Å². The topological polar surface area (TPSA) is 83.6 Å². The maximum atomic E-state index is 12.4. The molecule has 32 heavy (non-hydrogen) atoms. The summed E-state index contributed by atoms with van der Waals surface area (Å²) in [5, 5.41) is 1.59. The summed E-state index contributed by atoms with van der Waals surface area (Å²) in [5.41, 5.74) is 11.8. The van der Waals surface area contributed by atoms with Gasteiger partial charge in [-0.1, -0.05) is 36.4 Å². The van der Waals surface area contributed by atoms with Crippen molar-refractivity contribution in [3.05, 3.63) is 76.9 Å². The maximum Gasteiger partial charge on any atom is 0.343 e. The minimum Gasteiger partial charge on any atom is -0.481 e. The van der Waals surface area contributed by atoms with E-state index >= 15 is 0 Å². The Labute approximate surface area is 185 Å². The van der Waals surface area contributed by atoms with Gasteiger partial charge in [0.2, 0.25) is 5.91 Å². The molecule has 2 N–H and O–H groups in total. The van der Waals surface area contributed by atoms with E-state index in [1.54, 1.807) is 6.07 Å². The molecule has 1 amide bonds. The van der Waals surface area contributed by atoms with Crippen molar-refractivity contribution in [1.29, 1.82) is 0 Å². The number of fused-ring (bicyclic) bond motifs is 5. The number of benzene rings is 3. The van der Waals surface area contributed by atoms with Gasteiger partial charge >= 0.3 is 5.97 Å². The standard InChI is InChI=1S/C26H24N2O4/c1-31-22(29)15-32-21-13-17-9-5-10-18(17)25-24(21)23-19(26(27)30)11-6-12-20(23)28(25)14-16-7-3-2-4-8-16/h2-4,6-8,11-13H,5,9-10,14-15H2,1H3,(H2,27,30). The molecule has 0 atom stereocenters. The molecule has 0 radical (unpaired) electrons. The molecule has 0 fully saturated rings. The molecule has 6 nitrogen and oxygen atoms in total. The minimum absolute atomic E-state index is 0.200. The highest BCUT2D eigenvalue weighted by Crippen LogP contribution is 2.43. The second kappa shape index (κ2) is 8.04. The van der Waals surface area contributed by atoms with Crippen molar-refractivity contribution in [3.8, 4) is 5.75 Å². The van der Waals surface area contributed by atoms with E-state index in [1.165, 1.54) is 18.2 Å². The van der Waals surface area contributed by atoms with Gasteiger partial charge in [0.1, 0.15) is 5.75 Å². The van der Waals surface area contributed by atoms with Crippen LogP contribution in [-0.4, -0.2) is 30.2 Å². The van der Waals surface area contributed by atoms with Crippen LogP contribution in [0.2, 0.25) is 0 Å². The summed E-state index contributed by atoms with van der Waals surface area (Å²) in [6.07, 6.45) is 2.97. The lowest BCUT2D eigenvalue weighted by atomic mass is 10.0. The van der Waals surface area contributed by atoms with E-state index < -0.39 is 11.9 Å². The van der Waals surface area contributed by atoms with Crippen molar-refractivity contribution < 1.29 is 19.1 Å². The van der Waals surface area contributed by atoms with Crippen LogP contribution in [0.3, 0.4) is 0 Å². The summed E-state index contributed by atoms with van der Waals surface area (Å²) < 4.78 is 13.0. The minimum atomic E-state index is -0.492. The molecule has 0 unspecified atom stereocenters. The lowest BCUT2D eigenvalue weighted by Crippen LogP contribution is -2.13. The van der Waals surface area contributed by atoms with Crippen LogP contribution >= 0.6 is 0 Å². The Bertz CT molecular complexity index is 1360. The van der Waals surface area contributed by atoms with Crippen molar-refractivity contribution in [3.63, 3.8) is 0 Å². The summed E-state index contributed by atoms with van der Waals surface area (Å²) in [7, 11) is 1.33. The predicted octanol–water partition coefficient (Wildman–Crippen LogP) is 3.98. The third-order valence-corrected chi connectivity index (χ3v) is 6.21.